The quantitative estimate of drug-likeness (QED) is 0.545. The molecule has 7 heteroatoms. The molecule has 0 spiro atoms. The summed E-state index contributed by atoms with van der Waals surface area (Å²) in [5.41, 5.74) is 1.33. The van der Waals surface area contributed by atoms with E-state index in [-0.39, 0.29) is 22.9 Å². The molecular weight excluding hydrogens is 360 g/mol. The van der Waals surface area contributed by atoms with Gasteiger partial charge in [-0.3, -0.25) is 9.59 Å². The smallest absolute Gasteiger partial charge is 0.226 e. The van der Waals surface area contributed by atoms with Gasteiger partial charge in [0, 0.05) is 29.6 Å². The maximum atomic E-state index is 12.8. The molecule has 1 saturated carbocycles. The first-order valence-corrected chi connectivity index (χ1v) is 10.3. The minimum absolute atomic E-state index is 0.0385. The zero-order valence-corrected chi connectivity index (χ0v) is 17.0. The van der Waals surface area contributed by atoms with Crippen LogP contribution in [0.15, 0.2) is 29.4 Å². The molecule has 1 atom stereocenters. The van der Waals surface area contributed by atoms with Gasteiger partial charge in [-0.15, -0.1) is 10.2 Å². The number of aromatic nitrogens is 3. The van der Waals surface area contributed by atoms with Gasteiger partial charge in [-0.05, 0) is 51.0 Å². The van der Waals surface area contributed by atoms with Crippen LogP contribution in [0.5, 0.6) is 0 Å². The molecule has 1 fully saturated rings. The molecule has 0 radical (unpaired) electrons. The third-order valence-corrected chi connectivity index (χ3v) is 5.70. The van der Waals surface area contributed by atoms with Crippen LogP contribution in [0.3, 0.4) is 0 Å². The average Bonchev–Trinajstić information content (AvgIpc) is 3.42. The summed E-state index contributed by atoms with van der Waals surface area (Å²) in [5.74, 6) is 1.50. The predicted octanol–water partition coefficient (Wildman–Crippen LogP) is 4.13. The summed E-state index contributed by atoms with van der Waals surface area (Å²) in [4.78, 5) is 24.5. The zero-order valence-electron chi connectivity index (χ0n) is 16.2. The molecule has 0 aliphatic heterocycles. The molecule has 1 aliphatic rings. The number of nitrogens with zero attached hydrogens (tertiary/aromatic N) is 3. The second kappa shape index (κ2) is 8.25. The van der Waals surface area contributed by atoms with Crippen molar-refractivity contribution in [1.82, 2.24) is 14.8 Å². The lowest BCUT2D eigenvalue weighted by Gasteiger charge is -2.12. The Morgan fingerprint density at radius 3 is 2.41 bits per heavy atom. The summed E-state index contributed by atoms with van der Waals surface area (Å²) in [7, 11) is 0. The standard InChI is InChI=1S/C20H26N4O2S/c1-5-24-18(15-6-7-15)22-23-20(24)27-13(4)17(25)14-8-10-16(11-9-14)21-19(26)12(2)3/h8-13,15H,5-7H2,1-4H3,(H,21,26)/t13-/m0/s1. The maximum Gasteiger partial charge on any atom is 0.226 e. The molecule has 0 saturated heterocycles. The van der Waals surface area contributed by atoms with E-state index in [0.717, 1.165) is 17.5 Å². The van der Waals surface area contributed by atoms with E-state index < -0.39 is 0 Å². The number of hydrogen-bond acceptors (Lipinski definition) is 5. The average molecular weight is 387 g/mol. The van der Waals surface area contributed by atoms with E-state index in [9.17, 15) is 9.59 Å². The summed E-state index contributed by atoms with van der Waals surface area (Å²) in [6.45, 7) is 8.47. The van der Waals surface area contributed by atoms with Crippen molar-refractivity contribution in [2.75, 3.05) is 5.32 Å². The Kier molecular flexibility index (Phi) is 5.99. The largest absolute Gasteiger partial charge is 0.326 e. The summed E-state index contributed by atoms with van der Waals surface area (Å²) in [6, 6.07) is 7.06. The molecule has 1 N–H and O–H groups in total. The topological polar surface area (TPSA) is 76.9 Å². The second-order valence-corrected chi connectivity index (χ2v) is 8.51. The monoisotopic (exact) mass is 386 g/mol. The van der Waals surface area contributed by atoms with E-state index in [1.807, 2.05) is 20.8 Å². The van der Waals surface area contributed by atoms with Crippen LogP contribution in [-0.4, -0.2) is 31.7 Å². The number of carbonyl (C=O) groups excluding carboxylic acids is 2. The number of ketones is 1. The molecule has 0 bridgehead atoms. The number of amides is 1. The Labute approximate surface area is 164 Å². The molecule has 144 valence electrons. The lowest BCUT2D eigenvalue weighted by Crippen LogP contribution is -2.18. The highest BCUT2D eigenvalue weighted by Gasteiger charge is 2.30. The highest BCUT2D eigenvalue weighted by Crippen LogP contribution is 2.40. The number of thioether (sulfide) groups is 1. The summed E-state index contributed by atoms with van der Waals surface area (Å²) in [6.07, 6.45) is 2.36. The van der Waals surface area contributed by atoms with Crippen molar-refractivity contribution in [2.45, 2.75) is 63.4 Å². The van der Waals surface area contributed by atoms with E-state index in [0.29, 0.717) is 17.2 Å². The molecule has 27 heavy (non-hydrogen) atoms. The molecule has 3 rings (SSSR count). The first-order valence-electron chi connectivity index (χ1n) is 9.45. The predicted molar refractivity (Wildman–Crippen MR) is 107 cm³/mol. The summed E-state index contributed by atoms with van der Waals surface area (Å²) < 4.78 is 2.12. The third kappa shape index (κ3) is 4.58. The van der Waals surface area contributed by atoms with Gasteiger partial charge in [0.25, 0.3) is 0 Å². The van der Waals surface area contributed by atoms with Crippen LogP contribution in [-0.2, 0) is 11.3 Å². The molecule has 2 aromatic rings. The van der Waals surface area contributed by atoms with Gasteiger partial charge in [0.15, 0.2) is 10.9 Å². The lowest BCUT2D eigenvalue weighted by molar-refractivity contribution is -0.118. The molecule has 6 nitrogen and oxygen atoms in total. The number of anilines is 1. The van der Waals surface area contributed by atoms with Gasteiger partial charge in [0.05, 0.1) is 5.25 Å². The lowest BCUT2D eigenvalue weighted by atomic mass is 10.1. The number of Topliss-reactive ketones (excluding diaryl/α,β-unsaturated/α-hetero) is 1. The van der Waals surface area contributed by atoms with Crippen LogP contribution in [0.2, 0.25) is 0 Å². The first kappa shape index (κ1) is 19.6. The van der Waals surface area contributed by atoms with Gasteiger partial charge in [0.2, 0.25) is 5.91 Å². The maximum absolute atomic E-state index is 12.8. The molecule has 0 unspecified atom stereocenters. The molecular formula is C20H26N4O2S. The molecule has 1 aliphatic carbocycles. The fourth-order valence-corrected chi connectivity index (χ4v) is 3.78. The van der Waals surface area contributed by atoms with Gasteiger partial charge >= 0.3 is 0 Å². The molecule has 1 aromatic heterocycles. The van der Waals surface area contributed by atoms with Gasteiger partial charge in [-0.1, -0.05) is 25.6 Å². The van der Waals surface area contributed by atoms with Crippen molar-refractivity contribution in [3.8, 4) is 0 Å². The SMILES string of the molecule is CCn1c(S[C@@H](C)C(=O)c2ccc(NC(=O)C(C)C)cc2)nnc1C1CC1. The highest BCUT2D eigenvalue weighted by atomic mass is 32.2. The van der Waals surface area contributed by atoms with E-state index in [4.69, 9.17) is 0 Å². The van der Waals surface area contributed by atoms with Crippen LogP contribution < -0.4 is 5.32 Å². The molecule has 1 heterocycles. The molecule has 1 amide bonds. The van der Waals surface area contributed by atoms with Crippen molar-refractivity contribution in [3.05, 3.63) is 35.7 Å². The minimum Gasteiger partial charge on any atom is -0.326 e. The van der Waals surface area contributed by atoms with Crippen molar-refractivity contribution in [2.24, 2.45) is 5.92 Å². The Morgan fingerprint density at radius 2 is 1.85 bits per heavy atom. The number of hydrogen-bond donors (Lipinski definition) is 1. The number of nitrogens with one attached hydrogen (secondary N) is 1. The van der Waals surface area contributed by atoms with Crippen LogP contribution >= 0.6 is 11.8 Å². The van der Waals surface area contributed by atoms with Crippen molar-refractivity contribution >= 4 is 29.1 Å². The second-order valence-electron chi connectivity index (χ2n) is 7.20. The fraction of sp³-hybridized carbons (Fsp3) is 0.500. The van der Waals surface area contributed by atoms with Crippen LogP contribution in [0, 0.1) is 5.92 Å². The number of benzene rings is 1. The normalized spacial score (nSPS) is 15.0. The Morgan fingerprint density at radius 1 is 1.19 bits per heavy atom. The third-order valence-electron chi connectivity index (χ3n) is 4.62. The van der Waals surface area contributed by atoms with Gasteiger partial charge in [0.1, 0.15) is 5.82 Å². The Balaban J connectivity index is 1.66. The Hall–Kier alpha value is -2.15. The number of carbonyl (C=O) groups is 2. The summed E-state index contributed by atoms with van der Waals surface area (Å²) in [5, 5.41) is 12.0. The minimum atomic E-state index is -0.261. The van der Waals surface area contributed by atoms with Crippen LogP contribution in [0.4, 0.5) is 5.69 Å². The first-order chi connectivity index (χ1) is 12.9. The fourth-order valence-electron chi connectivity index (χ4n) is 2.78. The van der Waals surface area contributed by atoms with Crippen molar-refractivity contribution < 1.29 is 9.59 Å². The van der Waals surface area contributed by atoms with Crippen molar-refractivity contribution in [1.29, 1.82) is 0 Å². The van der Waals surface area contributed by atoms with E-state index in [2.05, 4.69) is 27.0 Å². The van der Waals surface area contributed by atoms with Crippen LogP contribution in [0.25, 0.3) is 0 Å². The van der Waals surface area contributed by atoms with E-state index >= 15 is 0 Å². The van der Waals surface area contributed by atoms with E-state index in [1.54, 1.807) is 24.3 Å². The molecule has 1 aromatic carbocycles. The zero-order chi connectivity index (χ0) is 19.6. The van der Waals surface area contributed by atoms with Crippen molar-refractivity contribution in [3.63, 3.8) is 0 Å². The number of rotatable bonds is 8. The summed E-state index contributed by atoms with van der Waals surface area (Å²) >= 11 is 1.45. The van der Waals surface area contributed by atoms with Crippen LogP contribution in [0.1, 0.15) is 62.6 Å². The van der Waals surface area contributed by atoms with Gasteiger partial charge < -0.3 is 9.88 Å². The van der Waals surface area contributed by atoms with Gasteiger partial charge in [-0.25, -0.2) is 0 Å². The van der Waals surface area contributed by atoms with Gasteiger partial charge in [-0.2, -0.15) is 0 Å². The van der Waals surface area contributed by atoms with E-state index in [1.165, 1.54) is 24.6 Å². The Bertz CT molecular complexity index is 825. The highest BCUT2D eigenvalue weighted by molar-refractivity contribution is 8.00.